The molecule has 0 fully saturated rings. The van der Waals surface area contributed by atoms with Crippen LogP contribution in [0.15, 0.2) is 11.6 Å². The van der Waals surface area contributed by atoms with Crippen molar-refractivity contribution < 1.29 is 10.2 Å². The van der Waals surface area contributed by atoms with E-state index in [1.165, 1.54) is 0 Å². The summed E-state index contributed by atoms with van der Waals surface area (Å²) in [6, 6.07) is 0. The molecular weight excluding hydrogens is 152 g/mol. The fourth-order valence-electron chi connectivity index (χ4n) is 1.75. The molecule has 0 spiro atoms. The molecule has 3 atom stereocenters. The topological polar surface area (TPSA) is 40.5 Å². The van der Waals surface area contributed by atoms with Gasteiger partial charge in [0.05, 0.1) is 6.10 Å². The number of hydrogen-bond acceptors (Lipinski definition) is 2. The van der Waals surface area contributed by atoms with Crippen LogP contribution < -0.4 is 0 Å². The number of allylic oxidation sites excluding steroid dienone is 1. The normalized spacial score (nSPS) is 36.8. The van der Waals surface area contributed by atoms with Crippen LogP contribution in [0.2, 0.25) is 0 Å². The van der Waals surface area contributed by atoms with Gasteiger partial charge in [-0.1, -0.05) is 19.9 Å². The highest BCUT2D eigenvalue weighted by atomic mass is 16.3. The second-order valence-electron chi connectivity index (χ2n) is 4.03. The predicted octanol–water partition coefficient (Wildman–Crippen LogP) is 1.33. The molecule has 12 heavy (non-hydrogen) atoms. The van der Waals surface area contributed by atoms with Crippen molar-refractivity contribution in [1.82, 2.24) is 0 Å². The minimum Gasteiger partial charge on any atom is -0.390 e. The molecule has 0 aromatic rings. The standard InChI is InChI=1S/C10H18O2/c1-6(2)8-5-4-7(3)9(11)10(8)12/h4,6,8-12H,5H2,1-3H3/t8-,9-,10-/m1/s1. The SMILES string of the molecule is CC1=CC[C@H](C(C)C)[C@@H](O)[C@@H]1O. The van der Waals surface area contributed by atoms with Gasteiger partial charge in [-0.3, -0.25) is 0 Å². The van der Waals surface area contributed by atoms with Crippen LogP contribution in [0.3, 0.4) is 0 Å². The molecule has 2 heteroatoms. The average Bonchev–Trinajstić information content (AvgIpc) is 2.00. The van der Waals surface area contributed by atoms with Gasteiger partial charge in [0.25, 0.3) is 0 Å². The van der Waals surface area contributed by atoms with E-state index in [-0.39, 0.29) is 5.92 Å². The van der Waals surface area contributed by atoms with E-state index in [1.807, 2.05) is 13.0 Å². The van der Waals surface area contributed by atoms with Crippen LogP contribution in [0.25, 0.3) is 0 Å². The number of rotatable bonds is 1. The van der Waals surface area contributed by atoms with E-state index in [4.69, 9.17) is 0 Å². The van der Waals surface area contributed by atoms with Gasteiger partial charge in [-0.2, -0.15) is 0 Å². The van der Waals surface area contributed by atoms with Crippen LogP contribution in [-0.4, -0.2) is 22.4 Å². The van der Waals surface area contributed by atoms with Crippen molar-refractivity contribution in [2.75, 3.05) is 0 Å². The Morgan fingerprint density at radius 1 is 1.42 bits per heavy atom. The number of hydrogen-bond donors (Lipinski definition) is 2. The third-order valence-electron chi connectivity index (χ3n) is 2.80. The zero-order valence-electron chi connectivity index (χ0n) is 7.99. The van der Waals surface area contributed by atoms with Gasteiger partial charge in [-0.15, -0.1) is 0 Å². The molecule has 1 rings (SSSR count). The first-order valence-corrected chi connectivity index (χ1v) is 4.56. The van der Waals surface area contributed by atoms with Crippen molar-refractivity contribution in [2.24, 2.45) is 11.8 Å². The van der Waals surface area contributed by atoms with E-state index in [0.29, 0.717) is 5.92 Å². The van der Waals surface area contributed by atoms with Gasteiger partial charge < -0.3 is 10.2 Å². The summed E-state index contributed by atoms with van der Waals surface area (Å²) in [6.07, 6.45) is 1.70. The Morgan fingerprint density at radius 2 is 2.00 bits per heavy atom. The molecule has 0 amide bonds. The smallest absolute Gasteiger partial charge is 0.101 e. The largest absolute Gasteiger partial charge is 0.390 e. The van der Waals surface area contributed by atoms with E-state index in [1.54, 1.807) is 0 Å². The summed E-state index contributed by atoms with van der Waals surface area (Å²) in [4.78, 5) is 0. The molecule has 70 valence electrons. The van der Waals surface area contributed by atoms with Crippen LogP contribution in [0, 0.1) is 11.8 Å². The summed E-state index contributed by atoms with van der Waals surface area (Å²) < 4.78 is 0. The van der Waals surface area contributed by atoms with E-state index in [2.05, 4.69) is 13.8 Å². The minimum absolute atomic E-state index is 0.212. The van der Waals surface area contributed by atoms with Crippen molar-refractivity contribution in [1.29, 1.82) is 0 Å². The lowest BCUT2D eigenvalue weighted by Crippen LogP contribution is -2.39. The third-order valence-corrected chi connectivity index (χ3v) is 2.80. The molecule has 0 radical (unpaired) electrons. The van der Waals surface area contributed by atoms with Gasteiger partial charge in [0.15, 0.2) is 0 Å². The highest BCUT2D eigenvalue weighted by Gasteiger charge is 2.31. The van der Waals surface area contributed by atoms with Gasteiger partial charge in [0.1, 0.15) is 6.10 Å². The molecule has 1 aliphatic carbocycles. The second-order valence-corrected chi connectivity index (χ2v) is 4.03. The lowest BCUT2D eigenvalue weighted by molar-refractivity contribution is -0.0184. The van der Waals surface area contributed by atoms with Gasteiger partial charge in [0, 0.05) is 0 Å². The first-order valence-electron chi connectivity index (χ1n) is 4.56. The quantitative estimate of drug-likeness (QED) is 0.583. The zero-order valence-corrected chi connectivity index (χ0v) is 7.99. The summed E-state index contributed by atoms with van der Waals surface area (Å²) >= 11 is 0. The lowest BCUT2D eigenvalue weighted by Gasteiger charge is -2.33. The van der Waals surface area contributed by atoms with Crippen molar-refractivity contribution in [3.63, 3.8) is 0 Å². The highest BCUT2D eigenvalue weighted by Crippen LogP contribution is 2.29. The molecule has 0 saturated heterocycles. The molecular formula is C10H18O2. The maximum atomic E-state index is 9.69. The van der Waals surface area contributed by atoms with Crippen molar-refractivity contribution in [3.05, 3.63) is 11.6 Å². The molecule has 1 aliphatic rings. The maximum absolute atomic E-state index is 9.69. The fourth-order valence-corrected chi connectivity index (χ4v) is 1.75. The Balaban J connectivity index is 2.73. The summed E-state index contributed by atoms with van der Waals surface area (Å²) in [6.45, 7) is 6.02. The monoisotopic (exact) mass is 170 g/mol. The summed E-state index contributed by atoms with van der Waals surface area (Å²) in [5.74, 6) is 0.641. The van der Waals surface area contributed by atoms with Gasteiger partial charge in [-0.05, 0) is 30.8 Å². The summed E-state index contributed by atoms with van der Waals surface area (Å²) in [5.41, 5.74) is 0.902. The molecule has 0 unspecified atom stereocenters. The van der Waals surface area contributed by atoms with Crippen molar-refractivity contribution in [2.45, 2.75) is 39.4 Å². The predicted molar refractivity (Wildman–Crippen MR) is 48.7 cm³/mol. The average molecular weight is 170 g/mol. The lowest BCUT2D eigenvalue weighted by atomic mass is 9.79. The molecule has 2 N–H and O–H groups in total. The zero-order chi connectivity index (χ0) is 9.30. The van der Waals surface area contributed by atoms with Crippen LogP contribution in [0.4, 0.5) is 0 Å². The molecule has 0 aliphatic heterocycles. The minimum atomic E-state index is -0.647. The molecule has 0 aromatic heterocycles. The van der Waals surface area contributed by atoms with Gasteiger partial charge in [0.2, 0.25) is 0 Å². The second kappa shape index (κ2) is 3.58. The van der Waals surface area contributed by atoms with Crippen LogP contribution in [0.5, 0.6) is 0 Å². The van der Waals surface area contributed by atoms with Crippen molar-refractivity contribution >= 4 is 0 Å². The molecule has 0 heterocycles. The third kappa shape index (κ3) is 1.70. The summed E-state index contributed by atoms with van der Waals surface area (Å²) in [5, 5.41) is 19.2. The Kier molecular flexibility index (Phi) is 2.91. The first-order chi connectivity index (χ1) is 5.54. The highest BCUT2D eigenvalue weighted by molar-refractivity contribution is 5.13. The van der Waals surface area contributed by atoms with Crippen LogP contribution in [0.1, 0.15) is 27.2 Å². The van der Waals surface area contributed by atoms with E-state index in [0.717, 1.165) is 12.0 Å². The van der Waals surface area contributed by atoms with E-state index in [9.17, 15) is 10.2 Å². The Morgan fingerprint density at radius 3 is 2.50 bits per heavy atom. The van der Waals surface area contributed by atoms with Crippen LogP contribution >= 0.6 is 0 Å². The van der Waals surface area contributed by atoms with Crippen molar-refractivity contribution in [3.8, 4) is 0 Å². The molecule has 0 saturated carbocycles. The number of aliphatic hydroxyl groups excluding tert-OH is 2. The Bertz CT molecular complexity index is 184. The Hall–Kier alpha value is -0.340. The van der Waals surface area contributed by atoms with Crippen LogP contribution in [-0.2, 0) is 0 Å². The van der Waals surface area contributed by atoms with E-state index < -0.39 is 12.2 Å². The molecule has 0 bridgehead atoms. The fraction of sp³-hybridized carbons (Fsp3) is 0.800. The van der Waals surface area contributed by atoms with Gasteiger partial charge in [-0.25, -0.2) is 0 Å². The summed E-state index contributed by atoms with van der Waals surface area (Å²) in [7, 11) is 0. The maximum Gasteiger partial charge on any atom is 0.101 e. The first kappa shape index (κ1) is 9.75. The number of aliphatic hydroxyl groups is 2. The Labute approximate surface area is 73.9 Å². The van der Waals surface area contributed by atoms with Gasteiger partial charge >= 0.3 is 0 Å². The molecule has 2 nitrogen and oxygen atoms in total. The molecule has 0 aromatic carbocycles. The van der Waals surface area contributed by atoms with E-state index >= 15 is 0 Å².